The van der Waals surface area contributed by atoms with Crippen molar-refractivity contribution in [3.63, 3.8) is 0 Å². The minimum Gasteiger partial charge on any atom is -0.478 e. The lowest BCUT2D eigenvalue weighted by Gasteiger charge is -2.02. The zero-order valence-corrected chi connectivity index (χ0v) is 7.77. The van der Waals surface area contributed by atoms with Crippen molar-refractivity contribution in [1.82, 2.24) is 0 Å². The topological polar surface area (TPSA) is 9.23 Å². The maximum atomic E-state index is 13.0. The molecule has 0 radical (unpaired) electrons. The summed E-state index contributed by atoms with van der Waals surface area (Å²) in [6, 6.07) is 4.54. The van der Waals surface area contributed by atoms with Crippen LogP contribution in [0, 0.1) is 18.2 Å². The van der Waals surface area contributed by atoms with Crippen LogP contribution in [-0.2, 0) is 0 Å². The van der Waals surface area contributed by atoms with Crippen LogP contribution in [0.25, 0.3) is 0 Å². The Bertz CT molecular complexity index is 317. The highest BCUT2D eigenvalue weighted by Crippen LogP contribution is 2.20. The number of ether oxygens (including phenoxy) is 1. The molecule has 0 atom stereocenters. The third-order valence-corrected chi connectivity index (χ3v) is 1.70. The number of benzene rings is 1. The summed E-state index contributed by atoms with van der Waals surface area (Å²) in [7, 11) is 0. The molecule has 0 unspecified atom stereocenters. The first-order valence-corrected chi connectivity index (χ1v) is 4.04. The molecule has 0 saturated heterocycles. The van der Waals surface area contributed by atoms with Gasteiger partial charge in [0.1, 0.15) is 6.61 Å². The Kier molecular flexibility index (Phi) is 3.12. The molecule has 0 amide bonds. The van der Waals surface area contributed by atoms with Crippen LogP contribution < -0.4 is 4.74 Å². The Morgan fingerprint density at radius 1 is 1.58 bits per heavy atom. The molecule has 62 valence electrons. The number of hydrogen-bond donors (Lipinski definition) is 0. The lowest BCUT2D eigenvalue weighted by molar-refractivity contribution is 0.348. The van der Waals surface area contributed by atoms with E-state index >= 15 is 0 Å². The maximum absolute atomic E-state index is 13.0. The third-order valence-electron chi connectivity index (χ3n) is 1.20. The van der Waals surface area contributed by atoms with Gasteiger partial charge in [-0.3, -0.25) is 0 Å². The molecule has 0 aliphatic rings. The van der Waals surface area contributed by atoms with Gasteiger partial charge >= 0.3 is 0 Å². The SMILES string of the molecule is C#CCOc1ccc(Br)cc1F. The first kappa shape index (κ1) is 9.08. The molecule has 0 bridgehead atoms. The van der Waals surface area contributed by atoms with Crippen LogP contribution in [0.3, 0.4) is 0 Å². The van der Waals surface area contributed by atoms with E-state index in [1.807, 2.05) is 0 Å². The summed E-state index contributed by atoms with van der Waals surface area (Å²) >= 11 is 3.13. The van der Waals surface area contributed by atoms with Crippen LogP contribution in [0.5, 0.6) is 5.75 Å². The zero-order chi connectivity index (χ0) is 8.97. The summed E-state index contributed by atoms with van der Waals surface area (Å²) in [5, 5.41) is 0. The molecule has 0 fully saturated rings. The van der Waals surface area contributed by atoms with Gasteiger partial charge in [-0.05, 0) is 18.2 Å². The molecule has 0 spiro atoms. The van der Waals surface area contributed by atoms with Crippen LogP contribution in [0.15, 0.2) is 22.7 Å². The molecule has 0 aliphatic heterocycles. The van der Waals surface area contributed by atoms with Gasteiger partial charge in [0.2, 0.25) is 0 Å². The van der Waals surface area contributed by atoms with E-state index in [0.717, 1.165) is 0 Å². The Morgan fingerprint density at radius 2 is 2.33 bits per heavy atom. The number of halogens is 2. The fourth-order valence-electron chi connectivity index (χ4n) is 0.712. The van der Waals surface area contributed by atoms with E-state index in [1.165, 1.54) is 12.1 Å². The van der Waals surface area contributed by atoms with Crippen molar-refractivity contribution in [3.05, 3.63) is 28.5 Å². The molecule has 1 nitrogen and oxygen atoms in total. The second-order valence-corrected chi connectivity index (χ2v) is 2.98. The standard InChI is InChI=1S/C9H6BrFO/c1-2-5-12-9-4-3-7(10)6-8(9)11/h1,3-4,6H,5H2. The van der Waals surface area contributed by atoms with Gasteiger partial charge < -0.3 is 4.74 Å². The first-order chi connectivity index (χ1) is 5.74. The van der Waals surface area contributed by atoms with Crippen molar-refractivity contribution in [3.8, 4) is 18.1 Å². The highest BCUT2D eigenvalue weighted by atomic mass is 79.9. The third kappa shape index (κ3) is 2.24. The second kappa shape index (κ2) is 4.13. The van der Waals surface area contributed by atoms with E-state index < -0.39 is 5.82 Å². The highest BCUT2D eigenvalue weighted by Gasteiger charge is 2.01. The second-order valence-electron chi connectivity index (χ2n) is 2.07. The van der Waals surface area contributed by atoms with Gasteiger partial charge in [0.15, 0.2) is 11.6 Å². The Morgan fingerprint density at radius 3 is 2.92 bits per heavy atom. The number of hydrogen-bond acceptors (Lipinski definition) is 1. The summed E-state index contributed by atoms with van der Waals surface area (Å²) in [6.45, 7) is 0.0819. The molecule has 0 heterocycles. The van der Waals surface area contributed by atoms with Gasteiger partial charge in [-0.1, -0.05) is 21.9 Å². The molecule has 3 heteroatoms. The molecular formula is C9H6BrFO. The summed E-state index contributed by atoms with van der Waals surface area (Å²) in [5.41, 5.74) is 0. The summed E-state index contributed by atoms with van der Waals surface area (Å²) < 4.78 is 18.5. The van der Waals surface area contributed by atoms with Crippen LogP contribution in [0.1, 0.15) is 0 Å². The fraction of sp³-hybridized carbons (Fsp3) is 0.111. The van der Waals surface area contributed by atoms with Gasteiger partial charge in [0, 0.05) is 4.47 Å². The zero-order valence-electron chi connectivity index (χ0n) is 6.18. The average molecular weight is 229 g/mol. The molecule has 1 aromatic rings. The van der Waals surface area contributed by atoms with Crippen molar-refractivity contribution in [2.24, 2.45) is 0 Å². The lowest BCUT2D eigenvalue weighted by atomic mass is 10.3. The highest BCUT2D eigenvalue weighted by molar-refractivity contribution is 9.10. The smallest absolute Gasteiger partial charge is 0.166 e. The van der Waals surface area contributed by atoms with Crippen molar-refractivity contribution in [1.29, 1.82) is 0 Å². The van der Waals surface area contributed by atoms with E-state index in [-0.39, 0.29) is 12.4 Å². The molecule has 0 aromatic heterocycles. The van der Waals surface area contributed by atoms with Gasteiger partial charge in [0.25, 0.3) is 0 Å². The minimum absolute atomic E-state index is 0.0819. The molecular weight excluding hydrogens is 223 g/mol. The number of terminal acetylenes is 1. The predicted molar refractivity (Wildman–Crippen MR) is 48.4 cm³/mol. The maximum Gasteiger partial charge on any atom is 0.166 e. The minimum atomic E-state index is -0.417. The van der Waals surface area contributed by atoms with Crippen molar-refractivity contribution >= 4 is 15.9 Å². The fourth-order valence-corrected chi connectivity index (χ4v) is 1.04. The molecule has 1 aromatic carbocycles. The molecule has 0 N–H and O–H groups in total. The predicted octanol–water partition coefficient (Wildman–Crippen LogP) is 2.60. The lowest BCUT2D eigenvalue weighted by Crippen LogP contribution is -1.95. The Hall–Kier alpha value is -1.01. The largest absolute Gasteiger partial charge is 0.478 e. The average Bonchev–Trinajstić information content (AvgIpc) is 2.03. The van der Waals surface area contributed by atoms with E-state index in [4.69, 9.17) is 11.2 Å². The molecule has 0 aliphatic carbocycles. The van der Waals surface area contributed by atoms with Gasteiger partial charge in [-0.25, -0.2) is 4.39 Å². The van der Waals surface area contributed by atoms with E-state index in [9.17, 15) is 4.39 Å². The van der Waals surface area contributed by atoms with Crippen LogP contribution in [0.2, 0.25) is 0 Å². The monoisotopic (exact) mass is 228 g/mol. The normalized spacial score (nSPS) is 9.08. The van der Waals surface area contributed by atoms with E-state index in [0.29, 0.717) is 4.47 Å². The van der Waals surface area contributed by atoms with Crippen LogP contribution >= 0.6 is 15.9 Å². The quantitative estimate of drug-likeness (QED) is 0.708. The van der Waals surface area contributed by atoms with Crippen LogP contribution in [0.4, 0.5) is 4.39 Å². The Balaban J connectivity index is 2.81. The molecule has 0 saturated carbocycles. The van der Waals surface area contributed by atoms with E-state index in [1.54, 1.807) is 6.07 Å². The van der Waals surface area contributed by atoms with Crippen molar-refractivity contribution < 1.29 is 9.13 Å². The number of rotatable bonds is 2. The molecule has 1 rings (SSSR count). The summed E-state index contributed by atoms with van der Waals surface area (Å²) in [6.07, 6.45) is 4.95. The van der Waals surface area contributed by atoms with Crippen LogP contribution in [-0.4, -0.2) is 6.61 Å². The Labute approximate surface area is 78.7 Å². The summed E-state index contributed by atoms with van der Waals surface area (Å²) in [4.78, 5) is 0. The van der Waals surface area contributed by atoms with E-state index in [2.05, 4.69) is 21.9 Å². The van der Waals surface area contributed by atoms with Crippen molar-refractivity contribution in [2.75, 3.05) is 6.61 Å². The van der Waals surface area contributed by atoms with Gasteiger partial charge in [-0.2, -0.15) is 0 Å². The van der Waals surface area contributed by atoms with Gasteiger partial charge in [0.05, 0.1) is 0 Å². The van der Waals surface area contributed by atoms with Gasteiger partial charge in [-0.15, -0.1) is 6.42 Å². The molecule has 12 heavy (non-hydrogen) atoms. The van der Waals surface area contributed by atoms with Crippen molar-refractivity contribution in [2.45, 2.75) is 0 Å². The first-order valence-electron chi connectivity index (χ1n) is 3.25. The summed E-state index contributed by atoms with van der Waals surface area (Å²) in [5.74, 6) is 2.02.